The molecule has 0 saturated heterocycles. The second-order valence-corrected chi connectivity index (χ2v) is 8.68. The summed E-state index contributed by atoms with van der Waals surface area (Å²) in [7, 11) is -11.1. The van der Waals surface area contributed by atoms with E-state index in [1.54, 1.807) is 12.1 Å². The summed E-state index contributed by atoms with van der Waals surface area (Å²) in [6, 6.07) is 4.71. The van der Waals surface area contributed by atoms with Gasteiger partial charge in [0.1, 0.15) is 5.65 Å². The van der Waals surface area contributed by atoms with Crippen molar-refractivity contribution in [1.82, 2.24) is 9.38 Å². The standard InChI is InChI=1S/C9H11ClN2O7P2/c10-8-6(12-4-2-1-3-7(12)11-8)5-9(13,20(14,15)16)21(17,18)19/h1-4,13H,5H2,(H2,14,15,16)(H2,17,18,19). The number of aromatic nitrogens is 2. The fourth-order valence-electron chi connectivity index (χ4n) is 1.78. The summed E-state index contributed by atoms with van der Waals surface area (Å²) in [6.07, 6.45) is 0.370. The molecule has 0 unspecified atom stereocenters. The zero-order chi connectivity index (χ0) is 16.1. The number of imidazole rings is 1. The van der Waals surface area contributed by atoms with Gasteiger partial charge in [0.05, 0.1) is 5.69 Å². The summed E-state index contributed by atoms with van der Waals surface area (Å²) < 4.78 is 24.0. The van der Waals surface area contributed by atoms with Crippen LogP contribution >= 0.6 is 26.8 Å². The van der Waals surface area contributed by atoms with E-state index < -0.39 is 26.7 Å². The summed E-state index contributed by atoms with van der Waals surface area (Å²) in [6.45, 7) is 0. The summed E-state index contributed by atoms with van der Waals surface area (Å²) in [5, 5.41) is 6.12. The highest BCUT2D eigenvalue weighted by Gasteiger charge is 2.59. The summed E-state index contributed by atoms with van der Waals surface area (Å²) in [5.74, 6) is 0. The lowest BCUT2D eigenvalue weighted by Crippen LogP contribution is -2.32. The maximum absolute atomic E-state index is 11.4. The van der Waals surface area contributed by atoms with Crippen LogP contribution in [0.5, 0.6) is 0 Å². The molecule has 2 heterocycles. The molecule has 2 rings (SSSR count). The highest BCUT2D eigenvalue weighted by atomic mass is 35.5. The number of pyridine rings is 1. The number of fused-ring (bicyclic) bond motifs is 1. The SMILES string of the molecule is O=P(O)(O)C(O)(Cc1c(Cl)nc2ccccn12)P(=O)(O)O. The van der Waals surface area contributed by atoms with Gasteiger partial charge in [0.25, 0.3) is 5.08 Å². The Hall–Kier alpha value is -0.760. The maximum atomic E-state index is 11.4. The highest BCUT2D eigenvalue weighted by molar-refractivity contribution is 7.72. The summed E-state index contributed by atoms with van der Waals surface area (Å²) >= 11 is 5.82. The van der Waals surface area contributed by atoms with Crippen molar-refractivity contribution in [2.75, 3.05) is 0 Å². The van der Waals surface area contributed by atoms with E-state index in [1.165, 1.54) is 16.7 Å². The van der Waals surface area contributed by atoms with Gasteiger partial charge < -0.3 is 29.1 Å². The first kappa shape index (κ1) is 16.6. The molecule has 0 amide bonds. The number of hydrogen-bond donors (Lipinski definition) is 5. The van der Waals surface area contributed by atoms with Crippen molar-refractivity contribution in [1.29, 1.82) is 0 Å². The van der Waals surface area contributed by atoms with Crippen molar-refractivity contribution in [2.24, 2.45) is 0 Å². The van der Waals surface area contributed by atoms with Crippen LogP contribution in [0, 0.1) is 0 Å². The Bertz CT molecular complexity index is 757. The normalized spacial score (nSPS) is 13.8. The van der Waals surface area contributed by atoms with Crippen molar-refractivity contribution < 1.29 is 33.8 Å². The molecule has 0 radical (unpaired) electrons. The Kier molecular flexibility index (Phi) is 4.08. The van der Waals surface area contributed by atoms with Gasteiger partial charge in [0.15, 0.2) is 5.15 Å². The molecular formula is C9H11ClN2O7P2. The minimum atomic E-state index is -5.56. The Labute approximate surface area is 123 Å². The van der Waals surface area contributed by atoms with Crippen LogP contribution in [0.3, 0.4) is 0 Å². The number of halogens is 1. The van der Waals surface area contributed by atoms with Gasteiger partial charge in [-0.15, -0.1) is 0 Å². The molecule has 0 aromatic carbocycles. The quantitative estimate of drug-likeness (QED) is 0.497. The number of hydrogen-bond acceptors (Lipinski definition) is 4. The average molecular weight is 357 g/mol. The summed E-state index contributed by atoms with van der Waals surface area (Å²) in [4.78, 5) is 40.4. The molecule has 116 valence electrons. The van der Waals surface area contributed by atoms with Crippen LogP contribution in [-0.2, 0) is 15.6 Å². The lowest BCUT2D eigenvalue weighted by molar-refractivity contribution is 0.130. The first-order valence-electron chi connectivity index (χ1n) is 5.42. The molecule has 0 saturated carbocycles. The zero-order valence-electron chi connectivity index (χ0n) is 10.2. The fourth-order valence-corrected chi connectivity index (χ4v) is 4.09. The van der Waals surface area contributed by atoms with Gasteiger partial charge in [-0.25, -0.2) is 4.98 Å². The molecule has 12 heteroatoms. The predicted molar refractivity (Wildman–Crippen MR) is 72.9 cm³/mol. The first-order chi connectivity index (χ1) is 9.47. The van der Waals surface area contributed by atoms with Gasteiger partial charge in [0, 0.05) is 12.6 Å². The third kappa shape index (κ3) is 2.79. The number of aliphatic hydroxyl groups is 1. The van der Waals surface area contributed by atoms with Crippen molar-refractivity contribution >= 4 is 32.4 Å². The second-order valence-electron chi connectivity index (χ2n) is 4.32. The smallest absolute Gasteiger partial charge is 0.367 e. The molecule has 0 bridgehead atoms. The van der Waals surface area contributed by atoms with Crippen molar-refractivity contribution in [3.8, 4) is 0 Å². The van der Waals surface area contributed by atoms with Crippen LogP contribution in [0.25, 0.3) is 5.65 Å². The molecule has 0 fully saturated rings. The minimum absolute atomic E-state index is 0.124. The number of rotatable bonds is 4. The molecule has 0 aliphatic rings. The van der Waals surface area contributed by atoms with Crippen LogP contribution in [0.1, 0.15) is 5.69 Å². The predicted octanol–water partition coefficient (Wildman–Crippen LogP) is 0.532. The highest BCUT2D eigenvalue weighted by Crippen LogP contribution is 2.68. The Balaban J connectivity index is 2.63. The van der Waals surface area contributed by atoms with E-state index in [0.717, 1.165) is 0 Å². The van der Waals surface area contributed by atoms with E-state index in [0.29, 0.717) is 5.65 Å². The van der Waals surface area contributed by atoms with Crippen LogP contribution in [0.15, 0.2) is 24.4 Å². The van der Waals surface area contributed by atoms with Gasteiger partial charge in [-0.05, 0) is 12.1 Å². The van der Waals surface area contributed by atoms with E-state index in [4.69, 9.17) is 31.2 Å². The third-order valence-electron chi connectivity index (χ3n) is 2.92. The van der Waals surface area contributed by atoms with Gasteiger partial charge >= 0.3 is 15.2 Å². The first-order valence-corrected chi connectivity index (χ1v) is 9.03. The Morgan fingerprint density at radius 3 is 2.29 bits per heavy atom. The van der Waals surface area contributed by atoms with E-state index in [9.17, 15) is 14.2 Å². The molecule has 9 nitrogen and oxygen atoms in total. The minimum Gasteiger partial charge on any atom is -0.367 e. The Morgan fingerprint density at radius 1 is 1.19 bits per heavy atom. The van der Waals surface area contributed by atoms with Crippen molar-refractivity contribution in [2.45, 2.75) is 11.5 Å². The molecule has 0 atom stereocenters. The molecule has 0 spiro atoms. The molecule has 0 aliphatic heterocycles. The molecule has 2 aromatic rings. The van der Waals surface area contributed by atoms with E-state index in [2.05, 4.69) is 4.98 Å². The molecule has 5 N–H and O–H groups in total. The fraction of sp³-hybridized carbons (Fsp3) is 0.222. The third-order valence-corrected chi connectivity index (χ3v) is 6.97. The lowest BCUT2D eigenvalue weighted by Gasteiger charge is -2.29. The van der Waals surface area contributed by atoms with E-state index in [-0.39, 0.29) is 10.8 Å². The van der Waals surface area contributed by atoms with Crippen LogP contribution < -0.4 is 0 Å². The van der Waals surface area contributed by atoms with E-state index >= 15 is 0 Å². The maximum Gasteiger partial charge on any atom is 0.369 e. The van der Waals surface area contributed by atoms with E-state index in [1.807, 2.05) is 0 Å². The average Bonchev–Trinajstić information content (AvgIpc) is 2.63. The topological polar surface area (TPSA) is 153 Å². The van der Waals surface area contributed by atoms with Gasteiger partial charge in [0.2, 0.25) is 0 Å². The molecular weight excluding hydrogens is 346 g/mol. The molecule has 2 aromatic heterocycles. The molecule has 21 heavy (non-hydrogen) atoms. The van der Waals surface area contributed by atoms with Crippen LogP contribution in [-0.4, -0.2) is 39.1 Å². The molecule has 0 aliphatic carbocycles. The van der Waals surface area contributed by atoms with Crippen molar-refractivity contribution in [3.63, 3.8) is 0 Å². The monoisotopic (exact) mass is 356 g/mol. The summed E-state index contributed by atoms with van der Waals surface area (Å²) in [5.41, 5.74) is 0.178. The van der Waals surface area contributed by atoms with Crippen molar-refractivity contribution in [3.05, 3.63) is 35.2 Å². The van der Waals surface area contributed by atoms with Gasteiger partial charge in [-0.2, -0.15) is 0 Å². The number of nitrogens with zero attached hydrogens (tertiary/aromatic N) is 2. The Morgan fingerprint density at radius 2 is 1.76 bits per heavy atom. The van der Waals surface area contributed by atoms with Gasteiger partial charge in [-0.3, -0.25) is 9.13 Å². The van der Waals surface area contributed by atoms with Crippen LogP contribution in [0.2, 0.25) is 5.15 Å². The van der Waals surface area contributed by atoms with Crippen LogP contribution in [0.4, 0.5) is 0 Å². The van der Waals surface area contributed by atoms with Gasteiger partial charge in [-0.1, -0.05) is 17.7 Å². The zero-order valence-corrected chi connectivity index (χ0v) is 12.8. The second kappa shape index (κ2) is 5.15. The largest absolute Gasteiger partial charge is 0.369 e. The lowest BCUT2D eigenvalue weighted by atomic mass is 10.3.